The number of nitro benzene ring substituents is 1. The van der Waals surface area contributed by atoms with Crippen molar-refractivity contribution >= 4 is 5.69 Å². The van der Waals surface area contributed by atoms with Crippen molar-refractivity contribution in [1.82, 2.24) is 4.98 Å². The van der Waals surface area contributed by atoms with Crippen LogP contribution in [0.4, 0.5) is 18.9 Å². The molecule has 0 aliphatic rings. The second kappa shape index (κ2) is 6.00. The third kappa shape index (κ3) is 3.72. The maximum atomic E-state index is 12.5. The van der Waals surface area contributed by atoms with Crippen molar-refractivity contribution in [3.63, 3.8) is 0 Å². The first-order chi connectivity index (χ1) is 10.3. The molecule has 0 unspecified atom stereocenters. The molecule has 1 aromatic heterocycles. The van der Waals surface area contributed by atoms with E-state index in [-0.39, 0.29) is 18.0 Å². The van der Waals surface area contributed by atoms with E-state index in [1.54, 1.807) is 0 Å². The summed E-state index contributed by atoms with van der Waals surface area (Å²) in [5.41, 5.74) is -0.299. The van der Waals surface area contributed by atoms with Crippen LogP contribution in [0, 0.1) is 17.0 Å². The number of pyridine rings is 1. The van der Waals surface area contributed by atoms with Gasteiger partial charge >= 0.3 is 6.18 Å². The fraction of sp³-hybridized carbons (Fsp3) is 0.214. The number of ether oxygens (including phenoxy) is 1. The predicted molar refractivity (Wildman–Crippen MR) is 71.4 cm³/mol. The molecule has 5 nitrogen and oxygen atoms in total. The van der Waals surface area contributed by atoms with Gasteiger partial charge in [0.05, 0.1) is 4.92 Å². The molecule has 0 atom stereocenters. The van der Waals surface area contributed by atoms with Crippen LogP contribution in [0.1, 0.15) is 17.0 Å². The highest BCUT2D eigenvalue weighted by molar-refractivity contribution is 5.36. The van der Waals surface area contributed by atoms with Gasteiger partial charge in [-0.25, -0.2) is 4.98 Å². The van der Waals surface area contributed by atoms with Crippen LogP contribution in [0.2, 0.25) is 0 Å². The fourth-order valence-corrected chi connectivity index (χ4v) is 1.73. The van der Waals surface area contributed by atoms with Gasteiger partial charge in [0, 0.05) is 23.4 Å². The molecule has 0 aliphatic carbocycles. The third-order valence-electron chi connectivity index (χ3n) is 2.93. The Hall–Kier alpha value is -2.64. The molecule has 0 fully saturated rings. The highest BCUT2D eigenvalue weighted by atomic mass is 19.4. The second-order valence-corrected chi connectivity index (χ2v) is 4.48. The molecule has 0 saturated carbocycles. The van der Waals surface area contributed by atoms with Gasteiger partial charge in [0.1, 0.15) is 18.1 Å². The number of hydrogen-bond donors (Lipinski definition) is 0. The van der Waals surface area contributed by atoms with E-state index in [1.165, 1.54) is 37.3 Å². The normalized spacial score (nSPS) is 11.3. The Labute approximate surface area is 123 Å². The van der Waals surface area contributed by atoms with E-state index in [0.29, 0.717) is 11.3 Å². The lowest BCUT2D eigenvalue weighted by molar-refractivity contribution is -0.384. The van der Waals surface area contributed by atoms with Crippen molar-refractivity contribution in [3.05, 3.63) is 63.5 Å². The van der Waals surface area contributed by atoms with Gasteiger partial charge in [-0.2, -0.15) is 13.2 Å². The van der Waals surface area contributed by atoms with Gasteiger partial charge in [0.15, 0.2) is 0 Å². The molecule has 2 rings (SSSR count). The summed E-state index contributed by atoms with van der Waals surface area (Å²) in [6.07, 6.45) is -4.48. The zero-order chi connectivity index (χ0) is 16.3. The molecular formula is C14H11F3N2O3. The Morgan fingerprint density at radius 3 is 2.32 bits per heavy atom. The predicted octanol–water partition coefficient (Wildman–Crippen LogP) is 3.90. The first-order valence-electron chi connectivity index (χ1n) is 6.18. The summed E-state index contributed by atoms with van der Waals surface area (Å²) in [5, 5.41) is 10.5. The summed E-state index contributed by atoms with van der Waals surface area (Å²) in [4.78, 5) is 13.5. The van der Waals surface area contributed by atoms with Crippen LogP contribution in [-0.4, -0.2) is 9.91 Å². The van der Waals surface area contributed by atoms with Gasteiger partial charge in [-0.3, -0.25) is 10.1 Å². The topological polar surface area (TPSA) is 65.3 Å². The minimum absolute atomic E-state index is 0.0226. The van der Waals surface area contributed by atoms with Gasteiger partial charge in [0.2, 0.25) is 0 Å². The Morgan fingerprint density at radius 1 is 1.18 bits per heavy atom. The van der Waals surface area contributed by atoms with Crippen LogP contribution >= 0.6 is 0 Å². The number of aromatic nitrogens is 1. The molecule has 0 spiro atoms. The molecule has 0 aliphatic heterocycles. The van der Waals surface area contributed by atoms with Crippen molar-refractivity contribution in [3.8, 4) is 5.75 Å². The summed E-state index contributed by atoms with van der Waals surface area (Å²) in [5.74, 6) is 0.380. The lowest BCUT2D eigenvalue weighted by Gasteiger charge is -2.11. The zero-order valence-electron chi connectivity index (χ0n) is 11.4. The zero-order valence-corrected chi connectivity index (χ0v) is 11.4. The van der Waals surface area contributed by atoms with E-state index >= 15 is 0 Å². The van der Waals surface area contributed by atoms with Crippen molar-refractivity contribution in [2.75, 3.05) is 0 Å². The van der Waals surface area contributed by atoms with E-state index in [0.717, 1.165) is 6.07 Å². The lowest BCUT2D eigenvalue weighted by atomic mass is 10.2. The minimum Gasteiger partial charge on any atom is -0.489 e. The van der Waals surface area contributed by atoms with Crippen molar-refractivity contribution in [2.45, 2.75) is 19.7 Å². The number of nitro groups is 1. The van der Waals surface area contributed by atoms with Gasteiger partial charge < -0.3 is 4.74 Å². The molecule has 0 saturated heterocycles. The molecular weight excluding hydrogens is 301 g/mol. The number of hydrogen-bond acceptors (Lipinski definition) is 4. The van der Waals surface area contributed by atoms with Crippen LogP contribution in [-0.2, 0) is 12.8 Å². The smallest absolute Gasteiger partial charge is 0.433 e. The number of benzene rings is 1. The molecule has 0 amide bonds. The molecule has 22 heavy (non-hydrogen) atoms. The number of halogens is 3. The molecule has 116 valence electrons. The van der Waals surface area contributed by atoms with Gasteiger partial charge in [-0.1, -0.05) is 6.07 Å². The summed E-state index contributed by atoms with van der Waals surface area (Å²) in [7, 11) is 0. The van der Waals surface area contributed by atoms with E-state index in [1.807, 2.05) is 0 Å². The minimum atomic E-state index is -4.48. The van der Waals surface area contributed by atoms with Crippen LogP contribution in [0.3, 0.4) is 0 Å². The quantitative estimate of drug-likeness (QED) is 0.634. The van der Waals surface area contributed by atoms with Gasteiger partial charge in [-0.15, -0.1) is 0 Å². The lowest BCUT2D eigenvalue weighted by Crippen LogP contribution is -2.10. The van der Waals surface area contributed by atoms with E-state index in [4.69, 9.17) is 4.74 Å². The SMILES string of the molecule is Cc1nc(C(F)(F)F)ccc1COc1ccc([N+](=O)[O-])cc1. The van der Waals surface area contributed by atoms with Gasteiger partial charge in [-0.05, 0) is 25.1 Å². The monoisotopic (exact) mass is 312 g/mol. The highest BCUT2D eigenvalue weighted by Crippen LogP contribution is 2.28. The first kappa shape index (κ1) is 15.7. The number of alkyl halides is 3. The molecule has 1 heterocycles. The van der Waals surface area contributed by atoms with Crippen LogP contribution in [0.5, 0.6) is 5.75 Å². The van der Waals surface area contributed by atoms with Crippen molar-refractivity contribution in [2.24, 2.45) is 0 Å². The highest BCUT2D eigenvalue weighted by Gasteiger charge is 2.32. The summed E-state index contributed by atoms with van der Waals surface area (Å²) in [6.45, 7) is 1.48. The Morgan fingerprint density at radius 2 is 1.82 bits per heavy atom. The first-order valence-corrected chi connectivity index (χ1v) is 6.18. The van der Waals surface area contributed by atoms with Gasteiger partial charge in [0.25, 0.3) is 5.69 Å². The van der Waals surface area contributed by atoms with Crippen LogP contribution in [0.15, 0.2) is 36.4 Å². The molecule has 2 aromatic rings. The number of aryl methyl sites for hydroxylation is 1. The molecule has 0 radical (unpaired) electrons. The van der Waals surface area contributed by atoms with E-state index < -0.39 is 16.8 Å². The summed E-state index contributed by atoms with van der Waals surface area (Å²) in [6, 6.07) is 7.61. The number of nitrogens with zero attached hydrogens (tertiary/aromatic N) is 2. The third-order valence-corrected chi connectivity index (χ3v) is 2.93. The maximum Gasteiger partial charge on any atom is 0.433 e. The van der Waals surface area contributed by atoms with Crippen LogP contribution < -0.4 is 4.74 Å². The Balaban J connectivity index is 2.07. The Kier molecular flexibility index (Phi) is 4.30. The molecule has 1 aromatic carbocycles. The maximum absolute atomic E-state index is 12.5. The standard InChI is InChI=1S/C14H11F3N2O3/c1-9-10(2-7-13(18-9)14(15,16)17)8-22-12-5-3-11(4-6-12)19(20)21/h2-7H,8H2,1H3. The average molecular weight is 312 g/mol. The molecule has 0 N–H and O–H groups in total. The van der Waals surface area contributed by atoms with Crippen molar-refractivity contribution in [1.29, 1.82) is 0 Å². The molecule has 0 bridgehead atoms. The van der Waals surface area contributed by atoms with E-state index in [9.17, 15) is 23.3 Å². The molecule has 8 heteroatoms. The fourth-order valence-electron chi connectivity index (χ4n) is 1.73. The Bertz CT molecular complexity index is 685. The van der Waals surface area contributed by atoms with Crippen molar-refractivity contribution < 1.29 is 22.8 Å². The average Bonchev–Trinajstić information content (AvgIpc) is 2.45. The second-order valence-electron chi connectivity index (χ2n) is 4.48. The summed E-state index contributed by atoms with van der Waals surface area (Å²) < 4.78 is 42.9. The largest absolute Gasteiger partial charge is 0.489 e. The number of non-ortho nitro benzene ring substituents is 1. The van der Waals surface area contributed by atoms with E-state index in [2.05, 4.69) is 4.98 Å². The number of rotatable bonds is 4. The van der Waals surface area contributed by atoms with Crippen LogP contribution in [0.25, 0.3) is 0 Å². The summed E-state index contributed by atoms with van der Waals surface area (Å²) >= 11 is 0.